The van der Waals surface area contributed by atoms with Crippen molar-refractivity contribution in [3.63, 3.8) is 0 Å². The molecule has 3 aromatic rings. The van der Waals surface area contributed by atoms with Crippen molar-refractivity contribution in [3.05, 3.63) is 107 Å². The SMILES string of the molecule is CCCCc1ccc(C(=O)N2CCC(C(=O)NCCC(c3ccccc3)c3ccccc3)CC2)cc1. The molecule has 4 heteroatoms. The number of piperidine rings is 1. The third-order valence-corrected chi connectivity index (χ3v) is 7.31. The molecule has 4 nitrogen and oxygen atoms in total. The van der Waals surface area contributed by atoms with Gasteiger partial charge in [0.2, 0.25) is 5.91 Å². The van der Waals surface area contributed by atoms with Gasteiger partial charge in [0.25, 0.3) is 5.91 Å². The Morgan fingerprint density at radius 3 is 2.00 bits per heavy atom. The van der Waals surface area contributed by atoms with E-state index in [9.17, 15) is 9.59 Å². The molecule has 188 valence electrons. The van der Waals surface area contributed by atoms with Crippen molar-refractivity contribution in [2.24, 2.45) is 5.92 Å². The standard InChI is InChI=1S/C32H38N2O2/c1-2-3-10-25-15-17-29(18-16-25)32(36)34-23-20-28(21-24-34)31(35)33-22-19-30(26-11-6-4-7-12-26)27-13-8-5-9-14-27/h4-9,11-18,28,30H,2-3,10,19-24H2,1H3,(H,33,35). The summed E-state index contributed by atoms with van der Waals surface area (Å²) in [5, 5.41) is 3.18. The summed E-state index contributed by atoms with van der Waals surface area (Å²) < 4.78 is 0. The Morgan fingerprint density at radius 2 is 1.44 bits per heavy atom. The Morgan fingerprint density at radius 1 is 0.861 bits per heavy atom. The number of hydrogen-bond acceptors (Lipinski definition) is 2. The van der Waals surface area contributed by atoms with Gasteiger partial charge in [0.05, 0.1) is 0 Å². The largest absolute Gasteiger partial charge is 0.356 e. The highest BCUT2D eigenvalue weighted by atomic mass is 16.2. The van der Waals surface area contributed by atoms with Crippen LogP contribution in [0.25, 0.3) is 0 Å². The highest BCUT2D eigenvalue weighted by molar-refractivity contribution is 5.94. The van der Waals surface area contributed by atoms with Crippen LogP contribution in [0.4, 0.5) is 0 Å². The Kier molecular flexibility index (Phi) is 9.32. The lowest BCUT2D eigenvalue weighted by atomic mass is 9.88. The van der Waals surface area contributed by atoms with Crippen LogP contribution in [0.2, 0.25) is 0 Å². The average molecular weight is 483 g/mol. The van der Waals surface area contributed by atoms with Crippen molar-refractivity contribution in [1.82, 2.24) is 10.2 Å². The molecule has 36 heavy (non-hydrogen) atoms. The van der Waals surface area contributed by atoms with E-state index in [1.54, 1.807) is 0 Å². The van der Waals surface area contributed by atoms with Crippen LogP contribution in [0.1, 0.15) is 72.0 Å². The smallest absolute Gasteiger partial charge is 0.253 e. The third-order valence-electron chi connectivity index (χ3n) is 7.31. The summed E-state index contributed by atoms with van der Waals surface area (Å²) in [7, 11) is 0. The number of nitrogens with zero attached hydrogens (tertiary/aromatic N) is 1. The fraction of sp³-hybridized carbons (Fsp3) is 0.375. The van der Waals surface area contributed by atoms with Gasteiger partial charge in [-0.05, 0) is 60.9 Å². The van der Waals surface area contributed by atoms with Crippen LogP contribution in [-0.4, -0.2) is 36.3 Å². The molecule has 0 spiro atoms. The van der Waals surface area contributed by atoms with Gasteiger partial charge >= 0.3 is 0 Å². The van der Waals surface area contributed by atoms with Crippen molar-refractivity contribution < 1.29 is 9.59 Å². The lowest BCUT2D eigenvalue weighted by molar-refractivity contribution is -0.126. The van der Waals surface area contributed by atoms with Gasteiger partial charge in [-0.15, -0.1) is 0 Å². The Bertz CT molecular complexity index is 1050. The number of unbranched alkanes of at least 4 members (excludes halogenated alkanes) is 1. The van der Waals surface area contributed by atoms with Crippen LogP contribution in [0, 0.1) is 5.92 Å². The second kappa shape index (κ2) is 13.1. The van der Waals surface area contributed by atoms with Crippen LogP contribution in [0.3, 0.4) is 0 Å². The summed E-state index contributed by atoms with van der Waals surface area (Å²) in [5.74, 6) is 0.407. The minimum absolute atomic E-state index is 0.0302. The third kappa shape index (κ3) is 6.84. The molecule has 0 aromatic heterocycles. The summed E-state index contributed by atoms with van der Waals surface area (Å²) in [6.07, 6.45) is 5.68. The maximum Gasteiger partial charge on any atom is 0.253 e. The molecule has 3 aromatic carbocycles. The molecular formula is C32H38N2O2. The molecule has 1 heterocycles. The van der Waals surface area contributed by atoms with E-state index >= 15 is 0 Å². The zero-order valence-corrected chi connectivity index (χ0v) is 21.4. The van der Waals surface area contributed by atoms with Gasteiger partial charge in [0.1, 0.15) is 0 Å². The summed E-state index contributed by atoms with van der Waals surface area (Å²) >= 11 is 0. The molecular weight excluding hydrogens is 444 g/mol. The van der Waals surface area contributed by atoms with Gasteiger partial charge in [-0.1, -0.05) is 86.1 Å². The van der Waals surface area contributed by atoms with Gasteiger partial charge in [-0.25, -0.2) is 0 Å². The van der Waals surface area contributed by atoms with Crippen molar-refractivity contribution in [2.45, 2.75) is 51.4 Å². The highest BCUT2D eigenvalue weighted by Gasteiger charge is 2.28. The van der Waals surface area contributed by atoms with Crippen LogP contribution >= 0.6 is 0 Å². The highest BCUT2D eigenvalue weighted by Crippen LogP contribution is 2.27. The van der Waals surface area contributed by atoms with E-state index in [1.165, 1.54) is 29.5 Å². The lowest BCUT2D eigenvalue weighted by Crippen LogP contribution is -2.43. The van der Waals surface area contributed by atoms with Gasteiger partial charge in [-0.2, -0.15) is 0 Å². The Hall–Kier alpha value is -3.40. The minimum atomic E-state index is -0.0302. The molecule has 0 atom stereocenters. The van der Waals surface area contributed by atoms with E-state index in [1.807, 2.05) is 29.2 Å². The van der Waals surface area contributed by atoms with Crippen molar-refractivity contribution in [1.29, 1.82) is 0 Å². The van der Waals surface area contributed by atoms with Crippen LogP contribution in [0.5, 0.6) is 0 Å². The van der Waals surface area contributed by atoms with E-state index in [4.69, 9.17) is 0 Å². The molecule has 1 saturated heterocycles. The lowest BCUT2D eigenvalue weighted by Gasteiger charge is -2.31. The first kappa shape index (κ1) is 25.7. The van der Waals surface area contributed by atoms with E-state index in [-0.39, 0.29) is 23.7 Å². The zero-order chi connectivity index (χ0) is 25.2. The molecule has 0 aliphatic carbocycles. The number of benzene rings is 3. The monoisotopic (exact) mass is 482 g/mol. The first-order valence-corrected chi connectivity index (χ1v) is 13.4. The molecule has 1 N–H and O–H groups in total. The molecule has 2 amide bonds. The molecule has 1 fully saturated rings. The molecule has 1 aliphatic rings. The van der Waals surface area contributed by atoms with Crippen LogP contribution in [0.15, 0.2) is 84.9 Å². The van der Waals surface area contributed by atoms with E-state index in [0.717, 1.165) is 18.4 Å². The molecule has 1 aliphatic heterocycles. The normalized spacial score (nSPS) is 14.1. The number of aryl methyl sites for hydroxylation is 1. The number of nitrogens with one attached hydrogen (secondary N) is 1. The van der Waals surface area contributed by atoms with Crippen molar-refractivity contribution >= 4 is 11.8 Å². The fourth-order valence-corrected chi connectivity index (χ4v) is 5.10. The van der Waals surface area contributed by atoms with Crippen molar-refractivity contribution in [2.75, 3.05) is 19.6 Å². The van der Waals surface area contributed by atoms with E-state index in [2.05, 4.69) is 72.9 Å². The second-order valence-corrected chi connectivity index (χ2v) is 9.82. The zero-order valence-electron chi connectivity index (χ0n) is 21.4. The van der Waals surface area contributed by atoms with Crippen LogP contribution < -0.4 is 5.32 Å². The molecule has 4 rings (SSSR count). The summed E-state index contributed by atoms with van der Waals surface area (Å²) in [6, 6.07) is 29.0. The number of hydrogen-bond donors (Lipinski definition) is 1. The molecule has 0 bridgehead atoms. The quantitative estimate of drug-likeness (QED) is 0.373. The van der Waals surface area contributed by atoms with Gasteiger partial charge in [0, 0.05) is 37.0 Å². The number of amides is 2. The number of rotatable bonds is 10. The Labute approximate surface area is 215 Å². The van der Waals surface area contributed by atoms with Crippen molar-refractivity contribution in [3.8, 4) is 0 Å². The second-order valence-electron chi connectivity index (χ2n) is 9.82. The summed E-state index contributed by atoms with van der Waals surface area (Å²) in [5.41, 5.74) is 4.56. The topological polar surface area (TPSA) is 49.4 Å². The fourth-order valence-electron chi connectivity index (χ4n) is 5.10. The van der Waals surface area contributed by atoms with Crippen LogP contribution in [-0.2, 0) is 11.2 Å². The number of carbonyl (C=O) groups is 2. The summed E-state index contributed by atoms with van der Waals surface area (Å²) in [6.45, 7) is 4.08. The maximum absolute atomic E-state index is 12.9. The number of likely N-dealkylation sites (tertiary alicyclic amines) is 1. The van der Waals surface area contributed by atoms with Gasteiger partial charge in [0.15, 0.2) is 0 Å². The minimum Gasteiger partial charge on any atom is -0.356 e. The predicted molar refractivity (Wildman–Crippen MR) is 146 cm³/mol. The molecule has 0 unspecified atom stereocenters. The maximum atomic E-state index is 12.9. The predicted octanol–water partition coefficient (Wildman–Crippen LogP) is 6.22. The first-order chi connectivity index (χ1) is 17.7. The van der Waals surface area contributed by atoms with E-state index in [0.29, 0.717) is 32.5 Å². The average Bonchev–Trinajstić information content (AvgIpc) is 2.95. The van der Waals surface area contributed by atoms with E-state index < -0.39 is 0 Å². The first-order valence-electron chi connectivity index (χ1n) is 13.4. The molecule has 0 radical (unpaired) electrons. The Balaban J connectivity index is 1.25. The number of carbonyl (C=O) groups excluding carboxylic acids is 2. The van der Waals surface area contributed by atoms with Gasteiger partial charge in [-0.3, -0.25) is 9.59 Å². The summed E-state index contributed by atoms with van der Waals surface area (Å²) in [4.78, 5) is 27.7. The van der Waals surface area contributed by atoms with Gasteiger partial charge < -0.3 is 10.2 Å². The molecule has 0 saturated carbocycles.